The average Bonchev–Trinajstić information content (AvgIpc) is 2.76. The summed E-state index contributed by atoms with van der Waals surface area (Å²) < 4.78 is 5.24. The summed E-state index contributed by atoms with van der Waals surface area (Å²) in [4.78, 5) is 11.6. The predicted molar refractivity (Wildman–Crippen MR) is 110 cm³/mol. The lowest BCUT2D eigenvalue weighted by Gasteiger charge is -2.11. The van der Waals surface area contributed by atoms with E-state index in [1.54, 1.807) is 18.9 Å². The molecule has 0 unspecified atom stereocenters. The molecule has 0 amide bonds. The van der Waals surface area contributed by atoms with Gasteiger partial charge in [-0.15, -0.1) is 0 Å². The molecule has 0 N–H and O–H groups in total. The van der Waals surface area contributed by atoms with Crippen LogP contribution in [0.15, 0.2) is 101 Å². The van der Waals surface area contributed by atoms with Crippen LogP contribution in [-0.2, 0) is 0 Å². The minimum absolute atomic E-state index is 0.730. The molecular formula is C23H18N2OS. The van der Waals surface area contributed by atoms with E-state index in [2.05, 4.69) is 17.1 Å². The van der Waals surface area contributed by atoms with Crippen LogP contribution in [0.3, 0.4) is 0 Å². The van der Waals surface area contributed by atoms with E-state index < -0.39 is 0 Å². The zero-order chi connectivity index (χ0) is 18.5. The van der Waals surface area contributed by atoms with Crippen molar-refractivity contribution in [3.63, 3.8) is 0 Å². The third-order valence-corrected chi connectivity index (χ3v) is 5.15. The molecule has 0 aliphatic rings. The highest BCUT2D eigenvalue weighted by Gasteiger charge is 2.12. The molecule has 0 fully saturated rings. The lowest BCUT2D eigenvalue weighted by molar-refractivity contribution is 0.414. The summed E-state index contributed by atoms with van der Waals surface area (Å²) >= 11 is 1.65. The maximum absolute atomic E-state index is 5.24. The Bertz CT molecular complexity index is 1020. The summed E-state index contributed by atoms with van der Waals surface area (Å²) in [5.41, 5.74) is 3.02. The van der Waals surface area contributed by atoms with Gasteiger partial charge in [-0.3, -0.25) is 0 Å². The zero-order valence-corrected chi connectivity index (χ0v) is 15.7. The topological polar surface area (TPSA) is 35.0 Å². The van der Waals surface area contributed by atoms with Crippen molar-refractivity contribution in [3.8, 4) is 28.4 Å². The Balaban J connectivity index is 1.76. The van der Waals surface area contributed by atoms with Gasteiger partial charge in [0.15, 0.2) is 5.82 Å². The highest BCUT2D eigenvalue weighted by Crippen LogP contribution is 2.36. The smallest absolute Gasteiger partial charge is 0.159 e. The molecule has 0 saturated heterocycles. The molecule has 0 aliphatic carbocycles. The third kappa shape index (κ3) is 4.01. The molecule has 1 heterocycles. The number of benzene rings is 3. The summed E-state index contributed by atoms with van der Waals surface area (Å²) in [5.74, 6) is 1.58. The van der Waals surface area contributed by atoms with Crippen LogP contribution in [0, 0.1) is 0 Å². The minimum Gasteiger partial charge on any atom is -0.497 e. The van der Waals surface area contributed by atoms with Gasteiger partial charge in [0.2, 0.25) is 0 Å². The Morgan fingerprint density at radius 2 is 1.37 bits per heavy atom. The fraction of sp³-hybridized carbons (Fsp3) is 0.0435. The lowest BCUT2D eigenvalue weighted by atomic mass is 10.1. The van der Waals surface area contributed by atoms with Crippen molar-refractivity contribution in [1.82, 2.24) is 9.97 Å². The maximum Gasteiger partial charge on any atom is 0.159 e. The van der Waals surface area contributed by atoms with Crippen molar-refractivity contribution in [2.45, 2.75) is 9.79 Å². The Kier molecular flexibility index (Phi) is 5.17. The van der Waals surface area contributed by atoms with Gasteiger partial charge in [-0.05, 0) is 24.3 Å². The standard InChI is InChI=1S/C23H18N2OS/c1-26-19-12-14-20(15-13-19)27-21-16-24-23(18-10-6-3-7-11-18)25-22(21)17-8-4-2-5-9-17/h2-16H,1H3. The quantitative estimate of drug-likeness (QED) is 0.433. The number of methoxy groups -OCH3 is 1. The van der Waals surface area contributed by atoms with Crippen molar-refractivity contribution in [1.29, 1.82) is 0 Å². The van der Waals surface area contributed by atoms with Crippen LogP contribution in [0.2, 0.25) is 0 Å². The van der Waals surface area contributed by atoms with Crippen molar-refractivity contribution in [3.05, 3.63) is 91.1 Å². The van der Waals surface area contributed by atoms with E-state index in [1.165, 1.54) is 0 Å². The van der Waals surface area contributed by atoms with Crippen LogP contribution in [-0.4, -0.2) is 17.1 Å². The van der Waals surface area contributed by atoms with Crippen LogP contribution in [0.5, 0.6) is 5.75 Å². The van der Waals surface area contributed by atoms with Gasteiger partial charge in [-0.1, -0.05) is 72.4 Å². The van der Waals surface area contributed by atoms with E-state index >= 15 is 0 Å². The predicted octanol–water partition coefficient (Wildman–Crippen LogP) is 5.97. The number of aromatic nitrogens is 2. The largest absolute Gasteiger partial charge is 0.497 e. The molecule has 0 aliphatic heterocycles. The Morgan fingerprint density at radius 1 is 0.741 bits per heavy atom. The van der Waals surface area contributed by atoms with E-state index in [-0.39, 0.29) is 0 Å². The Labute approximate surface area is 163 Å². The highest BCUT2D eigenvalue weighted by molar-refractivity contribution is 7.99. The summed E-state index contributed by atoms with van der Waals surface area (Å²) in [6.07, 6.45) is 1.91. The molecule has 4 aromatic rings. The van der Waals surface area contributed by atoms with Gasteiger partial charge in [0.25, 0.3) is 0 Å². The molecule has 3 aromatic carbocycles. The van der Waals surface area contributed by atoms with Gasteiger partial charge in [0.1, 0.15) is 5.75 Å². The first-order chi connectivity index (χ1) is 13.3. The monoisotopic (exact) mass is 370 g/mol. The van der Waals surface area contributed by atoms with Gasteiger partial charge in [0, 0.05) is 22.2 Å². The molecule has 0 atom stereocenters. The second-order valence-electron chi connectivity index (χ2n) is 5.92. The Morgan fingerprint density at radius 3 is 2.00 bits per heavy atom. The van der Waals surface area contributed by atoms with Crippen LogP contribution < -0.4 is 4.74 Å². The van der Waals surface area contributed by atoms with E-state index in [1.807, 2.05) is 79.0 Å². The molecule has 1 aromatic heterocycles. The van der Waals surface area contributed by atoms with E-state index in [0.29, 0.717) is 0 Å². The van der Waals surface area contributed by atoms with Crippen molar-refractivity contribution in [2.75, 3.05) is 7.11 Å². The zero-order valence-electron chi connectivity index (χ0n) is 14.9. The normalized spacial score (nSPS) is 10.6. The van der Waals surface area contributed by atoms with Crippen LogP contribution >= 0.6 is 11.8 Å². The molecule has 132 valence electrons. The molecule has 4 heteroatoms. The minimum atomic E-state index is 0.730. The first-order valence-electron chi connectivity index (χ1n) is 8.63. The van der Waals surface area contributed by atoms with Crippen molar-refractivity contribution >= 4 is 11.8 Å². The molecule has 27 heavy (non-hydrogen) atoms. The van der Waals surface area contributed by atoms with Gasteiger partial charge in [0.05, 0.1) is 17.7 Å². The fourth-order valence-electron chi connectivity index (χ4n) is 2.75. The molecular weight excluding hydrogens is 352 g/mol. The Hall–Kier alpha value is -3.11. The third-order valence-electron chi connectivity index (χ3n) is 4.12. The highest BCUT2D eigenvalue weighted by atomic mass is 32.2. The van der Waals surface area contributed by atoms with Crippen molar-refractivity contribution in [2.24, 2.45) is 0 Å². The van der Waals surface area contributed by atoms with Crippen LogP contribution in [0.1, 0.15) is 0 Å². The first-order valence-corrected chi connectivity index (χ1v) is 9.45. The molecule has 0 bridgehead atoms. The van der Waals surface area contributed by atoms with E-state index in [4.69, 9.17) is 9.72 Å². The molecule has 3 nitrogen and oxygen atoms in total. The van der Waals surface area contributed by atoms with E-state index in [0.717, 1.165) is 38.2 Å². The average molecular weight is 370 g/mol. The van der Waals surface area contributed by atoms with E-state index in [9.17, 15) is 0 Å². The number of rotatable bonds is 5. The summed E-state index contributed by atoms with van der Waals surface area (Å²) in [7, 11) is 1.67. The van der Waals surface area contributed by atoms with Gasteiger partial charge in [-0.25, -0.2) is 9.97 Å². The SMILES string of the molecule is COc1ccc(Sc2cnc(-c3ccccc3)nc2-c2ccccc2)cc1. The van der Waals surface area contributed by atoms with Gasteiger partial charge < -0.3 is 4.74 Å². The second-order valence-corrected chi connectivity index (χ2v) is 7.03. The van der Waals surface area contributed by atoms with Crippen LogP contribution in [0.4, 0.5) is 0 Å². The summed E-state index contributed by atoms with van der Waals surface area (Å²) in [6.45, 7) is 0. The summed E-state index contributed by atoms with van der Waals surface area (Å²) in [5, 5.41) is 0. The number of ether oxygens (including phenoxy) is 1. The molecule has 0 spiro atoms. The molecule has 0 radical (unpaired) electrons. The van der Waals surface area contributed by atoms with Gasteiger partial charge in [-0.2, -0.15) is 0 Å². The number of hydrogen-bond acceptors (Lipinski definition) is 4. The van der Waals surface area contributed by atoms with Gasteiger partial charge >= 0.3 is 0 Å². The van der Waals surface area contributed by atoms with Crippen LogP contribution in [0.25, 0.3) is 22.6 Å². The maximum atomic E-state index is 5.24. The first kappa shape index (κ1) is 17.3. The molecule has 4 rings (SSSR count). The molecule has 0 saturated carbocycles. The fourth-order valence-corrected chi connectivity index (χ4v) is 3.64. The second kappa shape index (κ2) is 8.06. The summed E-state index contributed by atoms with van der Waals surface area (Å²) in [6, 6.07) is 28.3. The number of hydrogen-bond donors (Lipinski definition) is 0. The number of nitrogens with zero attached hydrogens (tertiary/aromatic N) is 2. The van der Waals surface area contributed by atoms with Crippen molar-refractivity contribution < 1.29 is 4.74 Å². The lowest BCUT2D eigenvalue weighted by Crippen LogP contribution is -1.95.